The Hall–Kier alpha value is -1.15. The van der Waals surface area contributed by atoms with Crippen molar-refractivity contribution >= 4 is 10.3 Å². The summed E-state index contributed by atoms with van der Waals surface area (Å²) in [5.74, 6) is 0.157. The first kappa shape index (κ1) is 12.9. The standard InChI is InChI=1S/C9H13NO5S/c11-6-8(7-12)10-16(13,14)15-9-4-2-1-3-5-9/h1-5,8,10-12H,6-7H2. The van der Waals surface area contributed by atoms with Gasteiger partial charge in [-0.05, 0) is 12.1 Å². The third-order valence-corrected chi connectivity index (χ3v) is 2.73. The highest BCUT2D eigenvalue weighted by Gasteiger charge is 2.18. The Morgan fingerprint density at radius 2 is 1.75 bits per heavy atom. The van der Waals surface area contributed by atoms with Gasteiger partial charge in [0.15, 0.2) is 0 Å². The van der Waals surface area contributed by atoms with Crippen LogP contribution in [0, 0.1) is 0 Å². The maximum absolute atomic E-state index is 11.4. The molecule has 0 saturated carbocycles. The Morgan fingerprint density at radius 1 is 1.19 bits per heavy atom. The Bertz CT molecular complexity index is 401. The molecule has 90 valence electrons. The second-order valence-electron chi connectivity index (χ2n) is 3.03. The van der Waals surface area contributed by atoms with Crippen molar-refractivity contribution < 1.29 is 22.8 Å². The van der Waals surface area contributed by atoms with E-state index in [1.54, 1.807) is 18.2 Å². The van der Waals surface area contributed by atoms with E-state index in [1.165, 1.54) is 12.1 Å². The zero-order valence-corrected chi connectivity index (χ0v) is 9.22. The van der Waals surface area contributed by atoms with Crippen LogP contribution in [0.1, 0.15) is 0 Å². The fourth-order valence-corrected chi connectivity index (χ4v) is 1.93. The lowest BCUT2D eigenvalue weighted by molar-refractivity contribution is 0.183. The largest absolute Gasteiger partial charge is 0.395 e. The molecule has 0 spiro atoms. The van der Waals surface area contributed by atoms with Crippen LogP contribution in [0.25, 0.3) is 0 Å². The predicted octanol–water partition coefficient (Wildman–Crippen LogP) is -0.747. The van der Waals surface area contributed by atoms with E-state index in [-0.39, 0.29) is 5.75 Å². The minimum Gasteiger partial charge on any atom is -0.395 e. The van der Waals surface area contributed by atoms with Crippen molar-refractivity contribution in [2.75, 3.05) is 13.2 Å². The first-order valence-electron chi connectivity index (χ1n) is 4.56. The molecular formula is C9H13NO5S. The molecule has 0 unspecified atom stereocenters. The second-order valence-corrected chi connectivity index (χ2v) is 4.34. The van der Waals surface area contributed by atoms with Gasteiger partial charge in [0.2, 0.25) is 0 Å². The molecule has 0 radical (unpaired) electrons. The Morgan fingerprint density at radius 3 is 2.25 bits per heavy atom. The summed E-state index contributed by atoms with van der Waals surface area (Å²) in [7, 11) is -4.03. The van der Waals surface area contributed by atoms with Crippen LogP contribution in [0.15, 0.2) is 30.3 Å². The fraction of sp³-hybridized carbons (Fsp3) is 0.333. The molecule has 0 atom stereocenters. The summed E-state index contributed by atoms with van der Waals surface area (Å²) in [4.78, 5) is 0. The van der Waals surface area contributed by atoms with Gasteiger partial charge in [-0.1, -0.05) is 18.2 Å². The highest BCUT2D eigenvalue weighted by molar-refractivity contribution is 7.85. The average Bonchev–Trinajstić information content (AvgIpc) is 2.26. The number of aliphatic hydroxyl groups excluding tert-OH is 2. The molecule has 0 aliphatic rings. The van der Waals surface area contributed by atoms with E-state index in [0.29, 0.717) is 0 Å². The predicted molar refractivity (Wildman–Crippen MR) is 57.1 cm³/mol. The minimum absolute atomic E-state index is 0.157. The van der Waals surface area contributed by atoms with Crippen LogP contribution in [-0.2, 0) is 10.3 Å². The van der Waals surface area contributed by atoms with Gasteiger partial charge in [0.05, 0.1) is 19.3 Å². The maximum atomic E-state index is 11.4. The molecule has 0 amide bonds. The van der Waals surface area contributed by atoms with Crippen LogP contribution < -0.4 is 8.91 Å². The Balaban J connectivity index is 2.66. The Labute approximate surface area is 93.7 Å². The fourth-order valence-electron chi connectivity index (χ4n) is 0.963. The monoisotopic (exact) mass is 247 g/mol. The SMILES string of the molecule is O=S(=O)(NC(CO)CO)Oc1ccccc1. The molecule has 6 nitrogen and oxygen atoms in total. The topological polar surface area (TPSA) is 95.9 Å². The van der Waals surface area contributed by atoms with Crippen LogP contribution in [0.4, 0.5) is 0 Å². The molecule has 0 saturated heterocycles. The summed E-state index contributed by atoms with van der Waals surface area (Å²) >= 11 is 0. The number of hydrogen-bond donors (Lipinski definition) is 3. The van der Waals surface area contributed by atoms with Crippen LogP contribution in [0.2, 0.25) is 0 Å². The normalized spacial score (nSPS) is 11.7. The van der Waals surface area contributed by atoms with Gasteiger partial charge in [-0.25, -0.2) is 0 Å². The second kappa shape index (κ2) is 5.80. The molecule has 0 aliphatic heterocycles. The van der Waals surface area contributed by atoms with Crippen molar-refractivity contribution in [3.63, 3.8) is 0 Å². The van der Waals surface area contributed by atoms with E-state index in [2.05, 4.69) is 4.18 Å². The van der Waals surface area contributed by atoms with Crippen molar-refractivity contribution in [2.24, 2.45) is 0 Å². The zero-order valence-electron chi connectivity index (χ0n) is 8.41. The summed E-state index contributed by atoms with van der Waals surface area (Å²) in [5.41, 5.74) is 0. The van der Waals surface area contributed by atoms with Gasteiger partial charge in [-0.15, -0.1) is 0 Å². The molecule has 0 aliphatic carbocycles. The number of benzene rings is 1. The van der Waals surface area contributed by atoms with Crippen molar-refractivity contribution in [1.29, 1.82) is 0 Å². The molecule has 0 fully saturated rings. The first-order valence-corrected chi connectivity index (χ1v) is 5.96. The molecule has 7 heteroatoms. The van der Waals surface area contributed by atoms with E-state index >= 15 is 0 Å². The minimum atomic E-state index is -4.03. The number of nitrogens with one attached hydrogen (secondary N) is 1. The third kappa shape index (κ3) is 4.15. The number of aliphatic hydroxyl groups is 2. The lowest BCUT2D eigenvalue weighted by Crippen LogP contribution is -2.42. The summed E-state index contributed by atoms with van der Waals surface area (Å²) in [6.07, 6.45) is 0. The molecule has 0 heterocycles. The molecular weight excluding hydrogens is 234 g/mol. The van der Waals surface area contributed by atoms with Gasteiger partial charge < -0.3 is 14.4 Å². The number of hydrogen-bond acceptors (Lipinski definition) is 5. The van der Waals surface area contributed by atoms with Crippen LogP contribution in [0.3, 0.4) is 0 Å². The van der Waals surface area contributed by atoms with E-state index < -0.39 is 29.6 Å². The molecule has 1 rings (SSSR count). The van der Waals surface area contributed by atoms with Crippen molar-refractivity contribution in [1.82, 2.24) is 4.72 Å². The summed E-state index contributed by atoms with van der Waals surface area (Å²) in [6, 6.07) is 6.96. The maximum Gasteiger partial charge on any atom is 0.383 e. The zero-order chi connectivity index (χ0) is 12.0. The van der Waals surface area contributed by atoms with Crippen LogP contribution in [-0.4, -0.2) is 37.9 Å². The molecule has 0 aromatic heterocycles. The average molecular weight is 247 g/mol. The lowest BCUT2D eigenvalue weighted by atomic mass is 10.3. The summed E-state index contributed by atoms with van der Waals surface area (Å²) < 4.78 is 29.4. The molecule has 1 aromatic carbocycles. The van der Waals surface area contributed by atoms with Gasteiger partial charge in [-0.2, -0.15) is 13.1 Å². The summed E-state index contributed by atoms with van der Waals surface area (Å²) in [6.45, 7) is -1.01. The van der Waals surface area contributed by atoms with Crippen molar-refractivity contribution in [3.8, 4) is 5.75 Å². The van der Waals surface area contributed by atoms with E-state index in [4.69, 9.17) is 10.2 Å². The van der Waals surface area contributed by atoms with Crippen LogP contribution in [0.5, 0.6) is 5.75 Å². The van der Waals surface area contributed by atoms with E-state index in [9.17, 15) is 8.42 Å². The van der Waals surface area contributed by atoms with Gasteiger partial charge in [0.1, 0.15) is 5.75 Å². The molecule has 3 N–H and O–H groups in total. The van der Waals surface area contributed by atoms with E-state index in [1.807, 2.05) is 4.72 Å². The molecule has 1 aromatic rings. The van der Waals surface area contributed by atoms with Gasteiger partial charge in [-0.3, -0.25) is 0 Å². The number of rotatable bonds is 6. The third-order valence-electron chi connectivity index (χ3n) is 1.70. The summed E-state index contributed by atoms with van der Waals surface area (Å²) in [5, 5.41) is 17.4. The van der Waals surface area contributed by atoms with Gasteiger partial charge >= 0.3 is 10.3 Å². The van der Waals surface area contributed by atoms with Crippen molar-refractivity contribution in [2.45, 2.75) is 6.04 Å². The first-order chi connectivity index (χ1) is 7.57. The van der Waals surface area contributed by atoms with Crippen LogP contribution >= 0.6 is 0 Å². The van der Waals surface area contributed by atoms with Gasteiger partial charge in [0.25, 0.3) is 0 Å². The van der Waals surface area contributed by atoms with Crippen molar-refractivity contribution in [3.05, 3.63) is 30.3 Å². The highest BCUT2D eigenvalue weighted by Crippen LogP contribution is 2.10. The highest BCUT2D eigenvalue weighted by atomic mass is 32.2. The van der Waals surface area contributed by atoms with E-state index in [0.717, 1.165) is 0 Å². The molecule has 0 bridgehead atoms. The lowest BCUT2D eigenvalue weighted by Gasteiger charge is -2.13. The van der Waals surface area contributed by atoms with Gasteiger partial charge in [0, 0.05) is 0 Å². The quantitative estimate of drug-likeness (QED) is 0.615. The number of para-hydroxylation sites is 1. The molecule has 16 heavy (non-hydrogen) atoms. The smallest absolute Gasteiger partial charge is 0.383 e. The Kier molecular flexibility index (Phi) is 4.69.